The summed E-state index contributed by atoms with van der Waals surface area (Å²) in [6, 6.07) is 0.480. The molecule has 1 aromatic heterocycles. The molecule has 1 fully saturated rings. The highest BCUT2D eigenvalue weighted by atomic mass is 35.5. The smallest absolute Gasteiger partial charge is 0.100 e. The minimum atomic E-state index is 0.462. The molecular formula is C10H16ClN3. The van der Waals surface area contributed by atoms with Crippen molar-refractivity contribution in [2.24, 2.45) is 5.92 Å². The Morgan fingerprint density at radius 1 is 1.57 bits per heavy atom. The lowest BCUT2D eigenvalue weighted by Crippen LogP contribution is -2.24. The summed E-state index contributed by atoms with van der Waals surface area (Å²) in [6.07, 6.45) is 4.03. The van der Waals surface area contributed by atoms with Gasteiger partial charge in [-0.25, -0.2) is 4.68 Å². The Balaban J connectivity index is 2.18. The molecule has 0 spiro atoms. The van der Waals surface area contributed by atoms with Crippen LogP contribution in [0.15, 0.2) is 0 Å². The number of alkyl halides is 1. The van der Waals surface area contributed by atoms with Crippen molar-refractivity contribution >= 4 is 11.6 Å². The van der Waals surface area contributed by atoms with Gasteiger partial charge in [-0.15, -0.1) is 16.7 Å². The molecule has 3 nitrogen and oxygen atoms in total. The standard InChI is InChI=1S/C10H16ClN3/c1-7(9-4-3-5-9)14-8(2)10(6-11)12-13-14/h7,9H,3-6H2,1-2H3. The summed E-state index contributed by atoms with van der Waals surface area (Å²) in [7, 11) is 0. The first-order valence-electron chi connectivity index (χ1n) is 5.20. The van der Waals surface area contributed by atoms with Crippen LogP contribution in [0, 0.1) is 12.8 Å². The zero-order chi connectivity index (χ0) is 10.1. The van der Waals surface area contributed by atoms with E-state index in [4.69, 9.17) is 11.6 Å². The van der Waals surface area contributed by atoms with E-state index in [0.717, 1.165) is 17.3 Å². The number of nitrogens with zero attached hydrogens (tertiary/aromatic N) is 3. The molecule has 0 saturated heterocycles. The third-order valence-electron chi connectivity index (χ3n) is 3.37. The molecule has 14 heavy (non-hydrogen) atoms. The zero-order valence-corrected chi connectivity index (χ0v) is 9.46. The zero-order valence-electron chi connectivity index (χ0n) is 8.70. The fourth-order valence-corrected chi connectivity index (χ4v) is 2.25. The van der Waals surface area contributed by atoms with E-state index in [-0.39, 0.29) is 0 Å². The lowest BCUT2D eigenvalue weighted by Gasteiger charge is -2.31. The number of rotatable bonds is 3. The molecule has 1 atom stereocenters. The quantitative estimate of drug-likeness (QED) is 0.723. The van der Waals surface area contributed by atoms with Crippen LogP contribution < -0.4 is 0 Å². The first-order valence-corrected chi connectivity index (χ1v) is 5.74. The molecule has 0 bridgehead atoms. The number of hydrogen-bond acceptors (Lipinski definition) is 2. The van der Waals surface area contributed by atoms with E-state index < -0.39 is 0 Å². The van der Waals surface area contributed by atoms with Crippen LogP contribution in [0.2, 0.25) is 0 Å². The lowest BCUT2D eigenvalue weighted by atomic mass is 9.80. The first-order chi connectivity index (χ1) is 6.74. The van der Waals surface area contributed by atoms with E-state index >= 15 is 0 Å². The minimum Gasteiger partial charge on any atom is -0.246 e. The van der Waals surface area contributed by atoms with E-state index in [1.165, 1.54) is 19.3 Å². The van der Waals surface area contributed by atoms with Crippen LogP contribution in [0.1, 0.15) is 43.6 Å². The van der Waals surface area contributed by atoms with Gasteiger partial charge in [0.25, 0.3) is 0 Å². The average molecular weight is 214 g/mol. The Bertz CT molecular complexity index is 317. The van der Waals surface area contributed by atoms with Crippen molar-refractivity contribution < 1.29 is 0 Å². The predicted molar refractivity (Wildman–Crippen MR) is 56.4 cm³/mol. The van der Waals surface area contributed by atoms with Gasteiger partial charge in [0.15, 0.2) is 0 Å². The third-order valence-corrected chi connectivity index (χ3v) is 3.62. The van der Waals surface area contributed by atoms with Gasteiger partial charge in [0.05, 0.1) is 17.6 Å². The highest BCUT2D eigenvalue weighted by Crippen LogP contribution is 2.36. The van der Waals surface area contributed by atoms with E-state index in [0.29, 0.717) is 11.9 Å². The highest BCUT2D eigenvalue weighted by molar-refractivity contribution is 6.16. The molecule has 1 unspecified atom stereocenters. The largest absolute Gasteiger partial charge is 0.246 e. The molecule has 1 saturated carbocycles. The maximum Gasteiger partial charge on any atom is 0.100 e. The van der Waals surface area contributed by atoms with Crippen molar-refractivity contribution in [3.63, 3.8) is 0 Å². The lowest BCUT2D eigenvalue weighted by molar-refractivity contribution is 0.206. The Hall–Kier alpha value is -0.570. The van der Waals surface area contributed by atoms with Crippen molar-refractivity contribution in [2.75, 3.05) is 0 Å². The van der Waals surface area contributed by atoms with Gasteiger partial charge in [0, 0.05) is 0 Å². The molecule has 4 heteroatoms. The molecule has 2 rings (SSSR count). The normalized spacial score (nSPS) is 19.4. The van der Waals surface area contributed by atoms with Gasteiger partial charge in [-0.2, -0.15) is 0 Å². The number of aromatic nitrogens is 3. The topological polar surface area (TPSA) is 30.7 Å². The van der Waals surface area contributed by atoms with Crippen molar-refractivity contribution in [2.45, 2.75) is 45.0 Å². The Kier molecular flexibility index (Phi) is 2.77. The van der Waals surface area contributed by atoms with Crippen LogP contribution in [0.5, 0.6) is 0 Å². The highest BCUT2D eigenvalue weighted by Gasteiger charge is 2.27. The van der Waals surface area contributed by atoms with Gasteiger partial charge in [-0.3, -0.25) is 0 Å². The van der Waals surface area contributed by atoms with Gasteiger partial charge in [0.1, 0.15) is 5.69 Å². The summed E-state index contributed by atoms with van der Waals surface area (Å²) >= 11 is 5.76. The molecule has 1 heterocycles. The van der Waals surface area contributed by atoms with Gasteiger partial charge < -0.3 is 0 Å². The Labute approximate surface area is 89.4 Å². The van der Waals surface area contributed by atoms with Gasteiger partial charge in [-0.1, -0.05) is 11.6 Å². The number of halogens is 1. The van der Waals surface area contributed by atoms with E-state index in [2.05, 4.69) is 17.2 Å². The van der Waals surface area contributed by atoms with E-state index in [9.17, 15) is 0 Å². The maximum absolute atomic E-state index is 5.76. The van der Waals surface area contributed by atoms with Gasteiger partial charge in [0.2, 0.25) is 0 Å². The van der Waals surface area contributed by atoms with Crippen molar-refractivity contribution in [3.8, 4) is 0 Å². The SMILES string of the molecule is Cc1c(CCl)nnn1C(C)C1CCC1. The molecular weight excluding hydrogens is 198 g/mol. The Morgan fingerprint density at radius 2 is 2.29 bits per heavy atom. The average Bonchev–Trinajstić information content (AvgIpc) is 2.43. The van der Waals surface area contributed by atoms with Crippen LogP contribution in [-0.4, -0.2) is 15.0 Å². The molecule has 0 amide bonds. The van der Waals surface area contributed by atoms with Gasteiger partial charge in [-0.05, 0) is 32.6 Å². The van der Waals surface area contributed by atoms with Crippen LogP contribution in [0.3, 0.4) is 0 Å². The third kappa shape index (κ3) is 1.54. The summed E-state index contributed by atoms with van der Waals surface area (Å²) in [6.45, 7) is 4.27. The molecule has 1 aliphatic rings. The van der Waals surface area contributed by atoms with E-state index in [1.807, 2.05) is 11.6 Å². The summed E-state index contributed by atoms with van der Waals surface area (Å²) < 4.78 is 2.03. The predicted octanol–water partition coefficient (Wildman–Crippen LogP) is 2.69. The molecule has 0 N–H and O–H groups in total. The fraction of sp³-hybridized carbons (Fsp3) is 0.800. The monoisotopic (exact) mass is 213 g/mol. The first kappa shape index (κ1) is 9.97. The molecule has 0 radical (unpaired) electrons. The van der Waals surface area contributed by atoms with Crippen LogP contribution in [0.4, 0.5) is 0 Å². The summed E-state index contributed by atoms with van der Waals surface area (Å²) in [4.78, 5) is 0. The van der Waals surface area contributed by atoms with E-state index in [1.54, 1.807) is 0 Å². The second-order valence-corrected chi connectivity index (χ2v) is 4.40. The van der Waals surface area contributed by atoms with Crippen LogP contribution in [-0.2, 0) is 5.88 Å². The summed E-state index contributed by atoms with van der Waals surface area (Å²) in [5.41, 5.74) is 2.04. The summed E-state index contributed by atoms with van der Waals surface area (Å²) in [5.74, 6) is 1.25. The molecule has 78 valence electrons. The van der Waals surface area contributed by atoms with Crippen molar-refractivity contribution in [1.29, 1.82) is 0 Å². The van der Waals surface area contributed by atoms with Gasteiger partial charge >= 0.3 is 0 Å². The molecule has 0 aromatic carbocycles. The van der Waals surface area contributed by atoms with Crippen LogP contribution >= 0.6 is 11.6 Å². The van der Waals surface area contributed by atoms with Crippen molar-refractivity contribution in [1.82, 2.24) is 15.0 Å². The molecule has 0 aliphatic heterocycles. The molecule has 1 aromatic rings. The maximum atomic E-state index is 5.76. The fourth-order valence-electron chi connectivity index (χ4n) is 2.01. The Morgan fingerprint density at radius 3 is 2.71 bits per heavy atom. The minimum absolute atomic E-state index is 0.462. The van der Waals surface area contributed by atoms with Crippen LogP contribution in [0.25, 0.3) is 0 Å². The number of hydrogen-bond donors (Lipinski definition) is 0. The molecule has 1 aliphatic carbocycles. The second kappa shape index (κ2) is 3.89. The second-order valence-electron chi connectivity index (χ2n) is 4.13. The van der Waals surface area contributed by atoms with Crippen molar-refractivity contribution in [3.05, 3.63) is 11.4 Å². The summed E-state index contributed by atoms with van der Waals surface area (Å²) in [5, 5.41) is 8.25.